The van der Waals surface area contributed by atoms with E-state index in [9.17, 15) is 8.42 Å². The first kappa shape index (κ1) is 21.6. The number of rotatable bonds is 10. The Kier molecular flexibility index (Phi) is 8.02. The van der Waals surface area contributed by atoms with E-state index in [1.165, 1.54) is 5.56 Å². The molecule has 146 valence electrons. The number of unbranched alkanes of at least 4 members (excludes halogenated alkanes) is 2. The van der Waals surface area contributed by atoms with E-state index < -0.39 is 18.1 Å². The Balaban J connectivity index is 1.69. The van der Waals surface area contributed by atoms with E-state index in [1.807, 2.05) is 19.1 Å². The van der Waals surface area contributed by atoms with Crippen LogP contribution in [0.1, 0.15) is 30.4 Å². The molecule has 2 aromatic carbocycles. The van der Waals surface area contributed by atoms with Crippen LogP contribution < -0.4 is 4.72 Å². The lowest BCUT2D eigenvalue weighted by Gasteiger charge is -2.17. The maximum atomic E-state index is 12.2. The summed E-state index contributed by atoms with van der Waals surface area (Å²) < 4.78 is 27.1. The van der Waals surface area contributed by atoms with Crippen LogP contribution >= 0.6 is 0 Å². The van der Waals surface area contributed by atoms with Crippen LogP contribution in [0.2, 0.25) is 13.1 Å². The molecule has 0 radical (unpaired) electrons. The lowest BCUT2D eigenvalue weighted by molar-refractivity contribution is 0.577. The van der Waals surface area contributed by atoms with Gasteiger partial charge in [0.25, 0.3) is 0 Å². The van der Waals surface area contributed by atoms with Crippen molar-refractivity contribution in [1.82, 2.24) is 4.72 Å². The lowest BCUT2D eigenvalue weighted by Crippen LogP contribution is -2.26. The highest BCUT2D eigenvalue weighted by molar-refractivity contribution is 7.89. The molecule has 0 aliphatic rings. The van der Waals surface area contributed by atoms with E-state index in [0.717, 1.165) is 30.9 Å². The summed E-state index contributed by atoms with van der Waals surface area (Å²) in [6.45, 7) is 7.19. The highest BCUT2D eigenvalue weighted by atomic mass is 32.2. The van der Waals surface area contributed by atoms with Gasteiger partial charge in [-0.15, -0.1) is 0 Å². The third kappa shape index (κ3) is 7.83. The second kappa shape index (κ2) is 10.0. The minimum absolute atomic E-state index is 0.335. The van der Waals surface area contributed by atoms with Gasteiger partial charge in [-0.25, -0.2) is 13.1 Å². The van der Waals surface area contributed by atoms with Gasteiger partial charge in [-0.3, -0.25) is 0 Å². The van der Waals surface area contributed by atoms with Gasteiger partial charge in [0.1, 0.15) is 0 Å². The van der Waals surface area contributed by atoms with Gasteiger partial charge >= 0.3 is 0 Å². The molecule has 0 aliphatic carbocycles. The summed E-state index contributed by atoms with van der Waals surface area (Å²) in [4.78, 5) is 0.335. The monoisotopic (exact) mass is 401 g/mol. The number of hydrogen-bond donors (Lipinski definition) is 1. The second-order valence-electron chi connectivity index (χ2n) is 7.76. The topological polar surface area (TPSA) is 46.2 Å². The van der Waals surface area contributed by atoms with Crippen molar-refractivity contribution < 1.29 is 8.42 Å². The zero-order valence-electron chi connectivity index (χ0n) is 16.6. The van der Waals surface area contributed by atoms with Crippen molar-refractivity contribution >= 4 is 18.1 Å². The minimum atomic E-state index is -3.39. The van der Waals surface area contributed by atoms with Crippen molar-refractivity contribution in [3.05, 3.63) is 77.5 Å². The molecule has 5 heteroatoms. The highest BCUT2D eigenvalue weighted by Gasteiger charge is 2.17. The molecular formula is C22H31NO2SSi. The van der Waals surface area contributed by atoms with Gasteiger partial charge in [0.05, 0.1) is 13.0 Å². The minimum Gasteiger partial charge on any atom is -0.211 e. The first-order chi connectivity index (χ1) is 12.8. The quantitative estimate of drug-likeness (QED) is 0.448. The van der Waals surface area contributed by atoms with Gasteiger partial charge in [0.15, 0.2) is 0 Å². The maximum Gasteiger partial charge on any atom is 0.240 e. The molecule has 0 fully saturated rings. The molecule has 3 nitrogen and oxygen atoms in total. The van der Waals surface area contributed by atoms with E-state index in [2.05, 4.69) is 59.9 Å². The van der Waals surface area contributed by atoms with Gasteiger partial charge in [0.2, 0.25) is 10.0 Å². The van der Waals surface area contributed by atoms with Gasteiger partial charge in [-0.1, -0.05) is 78.5 Å². The molecule has 0 atom stereocenters. The van der Waals surface area contributed by atoms with Crippen LogP contribution in [0.25, 0.3) is 0 Å². The number of benzene rings is 2. The van der Waals surface area contributed by atoms with Gasteiger partial charge in [-0.2, -0.15) is 0 Å². The molecule has 2 rings (SSSR count). The Hall–Kier alpha value is -1.69. The van der Waals surface area contributed by atoms with Crippen molar-refractivity contribution in [2.45, 2.75) is 50.2 Å². The normalized spacial score (nSPS) is 12.6. The summed E-state index contributed by atoms with van der Waals surface area (Å²) in [6.07, 6.45) is 5.11. The predicted molar refractivity (Wildman–Crippen MR) is 117 cm³/mol. The molecule has 0 aliphatic heterocycles. The molecule has 0 amide bonds. The van der Waals surface area contributed by atoms with E-state index in [-0.39, 0.29) is 0 Å². The van der Waals surface area contributed by atoms with E-state index in [4.69, 9.17) is 0 Å². The van der Waals surface area contributed by atoms with Crippen molar-refractivity contribution in [2.75, 3.05) is 6.54 Å². The van der Waals surface area contributed by atoms with Crippen LogP contribution in [-0.4, -0.2) is 23.0 Å². The molecule has 0 bridgehead atoms. The zero-order valence-corrected chi connectivity index (χ0v) is 18.4. The third-order valence-electron chi connectivity index (χ3n) is 4.49. The third-order valence-corrected chi connectivity index (χ3v) is 8.43. The van der Waals surface area contributed by atoms with Crippen LogP contribution in [0.5, 0.6) is 0 Å². The van der Waals surface area contributed by atoms with Crippen LogP contribution in [0.15, 0.2) is 71.3 Å². The van der Waals surface area contributed by atoms with Crippen molar-refractivity contribution in [2.24, 2.45) is 0 Å². The molecule has 27 heavy (non-hydrogen) atoms. The summed E-state index contributed by atoms with van der Waals surface area (Å²) >= 11 is 0. The fraction of sp³-hybridized carbons (Fsp3) is 0.364. The summed E-state index contributed by atoms with van der Waals surface area (Å²) in [7, 11) is -4.77. The SMILES string of the molecule is Cc1ccc(S(=O)(=O)NCCCC/C=C/[Si](C)(C)Cc2ccccc2)cc1. The maximum absolute atomic E-state index is 12.2. The average Bonchev–Trinajstić information content (AvgIpc) is 2.61. The van der Waals surface area contributed by atoms with Crippen LogP contribution in [-0.2, 0) is 16.1 Å². The molecule has 0 saturated heterocycles. The van der Waals surface area contributed by atoms with Crippen molar-refractivity contribution in [3.63, 3.8) is 0 Å². The highest BCUT2D eigenvalue weighted by Crippen LogP contribution is 2.14. The Morgan fingerprint density at radius 2 is 1.63 bits per heavy atom. The number of hydrogen-bond acceptors (Lipinski definition) is 2. The van der Waals surface area contributed by atoms with Crippen LogP contribution in [0.3, 0.4) is 0 Å². The molecular weight excluding hydrogens is 370 g/mol. The molecule has 1 N–H and O–H groups in total. The van der Waals surface area contributed by atoms with E-state index in [1.54, 1.807) is 12.1 Å². The molecule has 0 heterocycles. The molecule has 0 aromatic heterocycles. The Bertz CT molecular complexity index is 828. The molecule has 0 unspecified atom stereocenters. The number of aryl methyl sites for hydroxylation is 1. The summed E-state index contributed by atoms with van der Waals surface area (Å²) in [5.74, 6) is 0. The number of nitrogens with one attached hydrogen (secondary N) is 1. The van der Waals surface area contributed by atoms with Crippen LogP contribution in [0.4, 0.5) is 0 Å². The lowest BCUT2D eigenvalue weighted by atomic mass is 10.2. The second-order valence-corrected chi connectivity index (χ2v) is 14.2. The summed E-state index contributed by atoms with van der Waals surface area (Å²) in [5.41, 5.74) is 4.88. The fourth-order valence-electron chi connectivity index (χ4n) is 2.98. The van der Waals surface area contributed by atoms with Crippen molar-refractivity contribution in [1.29, 1.82) is 0 Å². The van der Waals surface area contributed by atoms with Gasteiger partial charge < -0.3 is 0 Å². The van der Waals surface area contributed by atoms with E-state index in [0.29, 0.717) is 11.4 Å². The van der Waals surface area contributed by atoms with Gasteiger partial charge in [-0.05, 0) is 44.4 Å². The van der Waals surface area contributed by atoms with E-state index >= 15 is 0 Å². The largest absolute Gasteiger partial charge is 0.240 e. The summed E-state index contributed by atoms with van der Waals surface area (Å²) in [6, 6.07) is 18.7. The fourth-order valence-corrected chi connectivity index (χ4v) is 6.26. The average molecular weight is 402 g/mol. The first-order valence-corrected chi connectivity index (χ1v) is 14.3. The molecule has 2 aromatic rings. The smallest absolute Gasteiger partial charge is 0.211 e. The Labute approximate surface area is 165 Å². The first-order valence-electron chi connectivity index (χ1n) is 9.56. The summed E-state index contributed by atoms with van der Waals surface area (Å²) in [5, 5.41) is 0. The molecule has 0 spiro atoms. The van der Waals surface area contributed by atoms with Crippen LogP contribution in [0, 0.1) is 6.92 Å². The molecule has 0 saturated carbocycles. The Morgan fingerprint density at radius 3 is 2.30 bits per heavy atom. The number of allylic oxidation sites excluding steroid dienone is 1. The zero-order chi connectivity index (χ0) is 19.8. The Morgan fingerprint density at radius 1 is 0.963 bits per heavy atom. The standard InChI is InChI=1S/C22H31NO2SSi/c1-20-13-15-22(16-14-20)26(24,25)23-17-9-4-5-10-18-27(2,3)19-21-11-7-6-8-12-21/h6-8,10-16,18,23H,4-5,9,17,19H2,1-3H3/b18-10+. The number of sulfonamides is 1. The van der Waals surface area contributed by atoms with Crippen molar-refractivity contribution in [3.8, 4) is 0 Å². The van der Waals surface area contributed by atoms with Gasteiger partial charge in [0, 0.05) is 6.54 Å². The predicted octanol–water partition coefficient (Wildman–Crippen LogP) is 5.03.